The molecule has 0 fully saturated rings. The zero-order valence-corrected chi connectivity index (χ0v) is 25.4. The van der Waals surface area contributed by atoms with Gasteiger partial charge in [0.15, 0.2) is 0 Å². The van der Waals surface area contributed by atoms with Crippen molar-refractivity contribution in [3.8, 4) is 34.1 Å². The Balaban J connectivity index is 1.73. The number of hydrogen-bond donors (Lipinski definition) is 0. The molecule has 0 spiro atoms. The molecule has 0 aliphatic rings. The average Bonchev–Trinajstić information content (AvgIpc) is 2.88. The third kappa shape index (κ3) is 5.98. The molecule has 198 valence electrons. The number of rotatable bonds is 9. The van der Waals surface area contributed by atoms with E-state index < -0.39 is 0 Å². The highest BCUT2D eigenvalue weighted by Crippen LogP contribution is 2.48. The molecule has 0 saturated heterocycles. The predicted molar refractivity (Wildman–Crippen MR) is 162 cm³/mol. The van der Waals surface area contributed by atoms with Crippen molar-refractivity contribution in [1.82, 2.24) is 0 Å². The molecule has 0 heterocycles. The lowest BCUT2D eigenvalue weighted by Crippen LogP contribution is -2.02. The molecule has 6 heteroatoms. The summed E-state index contributed by atoms with van der Waals surface area (Å²) < 4.78 is 25.0. The van der Waals surface area contributed by atoms with Gasteiger partial charge in [0.05, 0.1) is 0 Å². The molecule has 0 radical (unpaired) electrons. The highest BCUT2D eigenvalue weighted by molar-refractivity contribution is 7.27. The minimum absolute atomic E-state index is 0.181. The van der Waals surface area contributed by atoms with Gasteiger partial charge in [-0.05, 0) is 112 Å². The summed E-state index contributed by atoms with van der Waals surface area (Å²) in [7, 11) is -0.362. The Labute approximate surface area is 230 Å². The highest BCUT2D eigenvalue weighted by Gasteiger charge is 2.23. The zero-order chi connectivity index (χ0) is 27.4. The number of aryl methyl sites for hydroxylation is 6. The average molecular weight is 547 g/mol. The standard InChI is InChI=1S/C32H36O4P2/c1-19-13-9-11-15-27(19)33-37-35-31-25(7)21(3)17-23(5)29(31)30-24(6)18-22(4)26(8)32(30)36-38-34-28-16-12-10-14-20(28)2/h9-18,37-38H,1-8H3. The van der Waals surface area contributed by atoms with Crippen molar-refractivity contribution in [1.29, 1.82) is 0 Å². The zero-order valence-electron chi connectivity index (χ0n) is 23.4. The molecule has 0 aliphatic carbocycles. The van der Waals surface area contributed by atoms with Gasteiger partial charge in [-0.3, -0.25) is 0 Å². The molecule has 0 bridgehead atoms. The molecule has 2 unspecified atom stereocenters. The molecule has 0 saturated carbocycles. The Bertz CT molecular complexity index is 1350. The summed E-state index contributed by atoms with van der Waals surface area (Å²) in [5.74, 6) is 3.31. The second-order valence-electron chi connectivity index (χ2n) is 9.78. The summed E-state index contributed by atoms with van der Waals surface area (Å²) in [6, 6.07) is 20.4. The van der Waals surface area contributed by atoms with Crippen LogP contribution in [0.5, 0.6) is 23.0 Å². The van der Waals surface area contributed by atoms with Crippen molar-refractivity contribution in [3.63, 3.8) is 0 Å². The maximum atomic E-state index is 6.43. The quantitative estimate of drug-likeness (QED) is 0.196. The summed E-state index contributed by atoms with van der Waals surface area (Å²) in [5, 5.41) is 0. The molecule has 4 nitrogen and oxygen atoms in total. The summed E-state index contributed by atoms with van der Waals surface area (Å²) in [4.78, 5) is 0. The largest absolute Gasteiger partial charge is 0.440 e. The Morgan fingerprint density at radius 2 is 0.789 bits per heavy atom. The van der Waals surface area contributed by atoms with Crippen LogP contribution in [0.25, 0.3) is 11.1 Å². The van der Waals surface area contributed by atoms with E-state index in [1.807, 2.05) is 62.4 Å². The topological polar surface area (TPSA) is 36.9 Å². The molecule has 38 heavy (non-hydrogen) atoms. The second kappa shape index (κ2) is 12.2. The Kier molecular flexibility index (Phi) is 8.98. The van der Waals surface area contributed by atoms with Crippen LogP contribution in [0.2, 0.25) is 0 Å². The maximum absolute atomic E-state index is 6.43. The minimum atomic E-state index is -0.181. The van der Waals surface area contributed by atoms with Crippen molar-refractivity contribution in [2.24, 2.45) is 0 Å². The van der Waals surface area contributed by atoms with E-state index in [1.165, 1.54) is 11.1 Å². The van der Waals surface area contributed by atoms with E-state index in [0.717, 1.165) is 67.5 Å². The SMILES string of the molecule is Cc1ccccc1OPOc1c(C)c(C)cc(C)c1-c1c(C)cc(C)c(C)c1OPOc1ccccc1C. The molecule has 4 rings (SSSR count). The van der Waals surface area contributed by atoms with E-state index in [1.54, 1.807) is 0 Å². The Hall–Kier alpha value is -3.06. The van der Waals surface area contributed by atoms with Crippen LogP contribution in [0.4, 0.5) is 0 Å². The first kappa shape index (κ1) is 28.0. The smallest absolute Gasteiger partial charge is 0.275 e. The fourth-order valence-electron chi connectivity index (χ4n) is 4.53. The molecular formula is C32H36O4P2. The van der Waals surface area contributed by atoms with Crippen LogP contribution in [-0.2, 0) is 0 Å². The van der Waals surface area contributed by atoms with Crippen LogP contribution in [0, 0.1) is 55.4 Å². The van der Waals surface area contributed by atoms with Crippen LogP contribution in [0.1, 0.15) is 44.5 Å². The van der Waals surface area contributed by atoms with Crippen LogP contribution in [0.15, 0.2) is 60.7 Å². The third-order valence-electron chi connectivity index (χ3n) is 7.00. The lowest BCUT2D eigenvalue weighted by molar-refractivity contribution is 0.507. The minimum Gasteiger partial charge on any atom is -0.440 e. The highest BCUT2D eigenvalue weighted by atomic mass is 31.1. The van der Waals surface area contributed by atoms with E-state index >= 15 is 0 Å². The summed E-state index contributed by atoms with van der Waals surface area (Å²) in [5.41, 5.74) is 11.0. The van der Waals surface area contributed by atoms with Gasteiger partial charge in [0.25, 0.3) is 18.1 Å². The first-order valence-electron chi connectivity index (χ1n) is 12.7. The van der Waals surface area contributed by atoms with Gasteiger partial charge in [0, 0.05) is 11.1 Å². The van der Waals surface area contributed by atoms with Crippen molar-refractivity contribution in [2.75, 3.05) is 0 Å². The van der Waals surface area contributed by atoms with Crippen molar-refractivity contribution < 1.29 is 18.1 Å². The van der Waals surface area contributed by atoms with Gasteiger partial charge in [0.2, 0.25) is 0 Å². The molecule has 0 N–H and O–H groups in total. The molecule has 0 amide bonds. The van der Waals surface area contributed by atoms with Crippen molar-refractivity contribution in [2.45, 2.75) is 55.4 Å². The lowest BCUT2D eigenvalue weighted by Gasteiger charge is -2.23. The Morgan fingerprint density at radius 3 is 1.16 bits per heavy atom. The monoisotopic (exact) mass is 546 g/mol. The van der Waals surface area contributed by atoms with E-state index in [0.29, 0.717) is 0 Å². The number of benzene rings is 4. The number of hydrogen-bond acceptors (Lipinski definition) is 4. The normalized spacial score (nSPS) is 11.5. The fourth-order valence-corrected chi connectivity index (χ4v) is 5.93. The molecule has 2 atom stereocenters. The first-order valence-corrected chi connectivity index (χ1v) is 14.3. The van der Waals surface area contributed by atoms with Gasteiger partial charge in [-0.2, -0.15) is 0 Å². The number of para-hydroxylation sites is 2. The van der Waals surface area contributed by atoms with Crippen LogP contribution >= 0.6 is 18.1 Å². The molecule has 0 aliphatic heterocycles. The fraction of sp³-hybridized carbons (Fsp3) is 0.250. The van der Waals surface area contributed by atoms with Crippen LogP contribution < -0.4 is 18.1 Å². The lowest BCUT2D eigenvalue weighted by atomic mass is 9.88. The first-order chi connectivity index (χ1) is 18.2. The van der Waals surface area contributed by atoms with Gasteiger partial charge in [0.1, 0.15) is 23.0 Å². The van der Waals surface area contributed by atoms with Crippen molar-refractivity contribution >= 4 is 18.1 Å². The molecule has 4 aromatic carbocycles. The van der Waals surface area contributed by atoms with Gasteiger partial charge in [-0.25, -0.2) is 0 Å². The third-order valence-corrected chi connectivity index (χ3v) is 8.18. The van der Waals surface area contributed by atoms with Gasteiger partial charge in [-0.1, -0.05) is 48.5 Å². The van der Waals surface area contributed by atoms with Crippen LogP contribution in [0.3, 0.4) is 0 Å². The van der Waals surface area contributed by atoms with Crippen LogP contribution in [-0.4, -0.2) is 0 Å². The summed E-state index contributed by atoms with van der Waals surface area (Å²) in [6.45, 7) is 16.8. The molecular weight excluding hydrogens is 510 g/mol. The van der Waals surface area contributed by atoms with E-state index in [-0.39, 0.29) is 18.1 Å². The summed E-state index contributed by atoms with van der Waals surface area (Å²) in [6.07, 6.45) is 0. The van der Waals surface area contributed by atoms with E-state index in [4.69, 9.17) is 18.1 Å². The van der Waals surface area contributed by atoms with Gasteiger partial charge in [-0.15, -0.1) is 0 Å². The van der Waals surface area contributed by atoms with Gasteiger partial charge >= 0.3 is 0 Å². The molecule has 0 aromatic heterocycles. The maximum Gasteiger partial charge on any atom is 0.275 e. The predicted octanol–water partition coefficient (Wildman–Crippen LogP) is 9.75. The molecule has 4 aromatic rings. The Morgan fingerprint density at radius 1 is 0.421 bits per heavy atom. The van der Waals surface area contributed by atoms with Gasteiger partial charge < -0.3 is 18.1 Å². The van der Waals surface area contributed by atoms with Crippen molar-refractivity contribution in [3.05, 3.63) is 105 Å². The van der Waals surface area contributed by atoms with E-state index in [2.05, 4.69) is 53.7 Å². The second-order valence-corrected chi connectivity index (χ2v) is 10.9. The summed E-state index contributed by atoms with van der Waals surface area (Å²) >= 11 is 0. The van der Waals surface area contributed by atoms with E-state index in [9.17, 15) is 0 Å².